The average Bonchev–Trinajstić information content (AvgIpc) is 2.62. The number of nitrogens with zero attached hydrogens (tertiary/aromatic N) is 1. The van der Waals surface area contributed by atoms with Crippen LogP contribution in [0, 0.1) is 16.0 Å². The van der Waals surface area contributed by atoms with Gasteiger partial charge in [-0.25, -0.2) is 0 Å². The van der Waals surface area contributed by atoms with Crippen molar-refractivity contribution >= 4 is 29.1 Å². The smallest absolute Gasteiger partial charge is 0.316 e. The Labute approximate surface area is 143 Å². The third-order valence-corrected chi connectivity index (χ3v) is 3.80. The summed E-state index contributed by atoms with van der Waals surface area (Å²) in [5.74, 6) is -2.93. The highest BCUT2D eigenvalue weighted by molar-refractivity contribution is 6.42. The minimum atomic E-state index is -1.09. The molecule has 25 heavy (non-hydrogen) atoms. The number of ether oxygens (including phenoxy) is 1. The molecule has 1 aliphatic heterocycles. The van der Waals surface area contributed by atoms with Crippen LogP contribution in [-0.2, 0) is 14.4 Å². The molecule has 0 aliphatic carbocycles. The van der Waals surface area contributed by atoms with Crippen LogP contribution < -0.4 is 20.7 Å². The number of piperidine rings is 1. The van der Waals surface area contributed by atoms with Crippen molar-refractivity contribution in [1.82, 2.24) is 10.6 Å². The number of nitro benzene ring substituents is 1. The second-order valence-corrected chi connectivity index (χ2v) is 5.44. The van der Waals surface area contributed by atoms with Crippen molar-refractivity contribution in [2.24, 2.45) is 5.92 Å². The molecule has 0 atom stereocenters. The van der Waals surface area contributed by atoms with E-state index in [1.54, 1.807) is 0 Å². The molecule has 3 N–H and O–H groups in total. The molecular weight excluding hydrogens is 332 g/mol. The van der Waals surface area contributed by atoms with E-state index in [0.29, 0.717) is 25.9 Å². The highest BCUT2D eigenvalue weighted by atomic mass is 16.6. The molecule has 0 bridgehead atoms. The summed E-state index contributed by atoms with van der Waals surface area (Å²) in [5, 5.41) is 18.2. The van der Waals surface area contributed by atoms with Crippen LogP contribution in [0.5, 0.6) is 5.75 Å². The first-order valence-electron chi connectivity index (χ1n) is 7.61. The van der Waals surface area contributed by atoms with Crippen LogP contribution >= 0.6 is 0 Å². The Bertz CT molecular complexity index is 699. The maximum atomic E-state index is 12.0. The summed E-state index contributed by atoms with van der Waals surface area (Å²) in [5.41, 5.74) is -0.136. The number of imide groups is 1. The SMILES string of the molecule is COc1cc([N+](=O)[O-])ccc1NC(=O)C(=O)NC(=O)C1CCNCC1. The van der Waals surface area contributed by atoms with E-state index in [1.807, 2.05) is 0 Å². The number of rotatable bonds is 4. The molecule has 1 aliphatic rings. The van der Waals surface area contributed by atoms with E-state index >= 15 is 0 Å². The number of amides is 3. The number of benzene rings is 1. The Morgan fingerprint density at radius 3 is 2.52 bits per heavy atom. The Morgan fingerprint density at radius 1 is 1.24 bits per heavy atom. The third kappa shape index (κ3) is 4.73. The van der Waals surface area contributed by atoms with Gasteiger partial charge in [-0.15, -0.1) is 0 Å². The van der Waals surface area contributed by atoms with E-state index in [9.17, 15) is 24.5 Å². The van der Waals surface area contributed by atoms with Crippen LogP contribution in [0.25, 0.3) is 0 Å². The first-order chi connectivity index (χ1) is 11.9. The Morgan fingerprint density at radius 2 is 1.92 bits per heavy atom. The van der Waals surface area contributed by atoms with Gasteiger partial charge in [-0.1, -0.05) is 0 Å². The monoisotopic (exact) mass is 350 g/mol. The van der Waals surface area contributed by atoms with Crippen molar-refractivity contribution in [2.45, 2.75) is 12.8 Å². The highest BCUT2D eigenvalue weighted by Gasteiger charge is 2.25. The lowest BCUT2D eigenvalue weighted by atomic mass is 9.97. The van der Waals surface area contributed by atoms with Crippen LogP contribution in [0.2, 0.25) is 0 Å². The topological polar surface area (TPSA) is 140 Å². The minimum absolute atomic E-state index is 0.0278. The normalized spacial score (nSPS) is 14.4. The van der Waals surface area contributed by atoms with E-state index in [1.165, 1.54) is 13.2 Å². The fourth-order valence-electron chi connectivity index (χ4n) is 2.43. The van der Waals surface area contributed by atoms with Crippen LogP contribution in [0.15, 0.2) is 18.2 Å². The van der Waals surface area contributed by atoms with E-state index in [4.69, 9.17) is 4.74 Å². The van der Waals surface area contributed by atoms with Gasteiger partial charge >= 0.3 is 11.8 Å². The lowest BCUT2D eigenvalue weighted by molar-refractivity contribution is -0.384. The van der Waals surface area contributed by atoms with Crippen molar-refractivity contribution in [3.63, 3.8) is 0 Å². The van der Waals surface area contributed by atoms with Gasteiger partial charge in [-0.05, 0) is 32.0 Å². The summed E-state index contributed by atoms with van der Waals surface area (Å²) in [4.78, 5) is 45.9. The molecule has 134 valence electrons. The molecule has 0 radical (unpaired) electrons. The number of non-ortho nitro benzene ring substituents is 1. The first kappa shape index (κ1) is 18.3. The molecule has 1 aromatic carbocycles. The summed E-state index contributed by atoms with van der Waals surface area (Å²) >= 11 is 0. The molecule has 10 heteroatoms. The molecule has 0 spiro atoms. The molecule has 0 aromatic heterocycles. The summed E-state index contributed by atoms with van der Waals surface area (Å²) in [6, 6.07) is 3.53. The summed E-state index contributed by atoms with van der Waals surface area (Å²) in [6.07, 6.45) is 1.19. The second kappa shape index (κ2) is 8.20. The molecule has 2 rings (SSSR count). The summed E-state index contributed by atoms with van der Waals surface area (Å²) in [6.45, 7) is 1.36. The maximum absolute atomic E-state index is 12.0. The van der Waals surface area contributed by atoms with Gasteiger partial charge in [0.25, 0.3) is 5.69 Å². The van der Waals surface area contributed by atoms with Gasteiger partial charge in [-0.3, -0.25) is 29.8 Å². The van der Waals surface area contributed by atoms with Gasteiger partial charge in [0.2, 0.25) is 5.91 Å². The number of hydrogen-bond donors (Lipinski definition) is 3. The number of nitrogens with one attached hydrogen (secondary N) is 3. The average molecular weight is 350 g/mol. The van der Waals surface area contributed by atoms with Crippen molar-refractivity contribution in [1.29, 1.82) is 0 Å². The van der Waals surface area contributed by atoms with E-state index < -0.39 is 22.6 Å². The Kier molecular flexibility index (Phi) is 6.01. The largest absolute Gasteiger partial charge is 0.494 e. The fraction of sp³-hybridized carbons (Fsp3) is 0.400. The van der Waals surface area contributed by atoms with Crippen LogP contribution in [0.4, 0.5) is 11.4 Å². The van der Waals surface area contributed by atoms with Gasteiger partial charge in [0.15, 0.2) is 0 Å². The number of carbonyl (C=O) groups excluding carboxylic acids is 3. The predicted molar refractivity (Wildman–Crippen MR) is 87.0 cm³/mol. The van der Waals surface area contributed by atoms with Gasteiger partial charge < -0.3 is 15.4 Å². The molecule has 1 saturated heterocycles. The number of hydrogen-bond acceptors (Lipinski definition) is 7. The molecule has 1 aromatic rings. The quantitative estimate of drug-likeness (QED) is 0.400. The molecule has 0 saturated carbocycles. The Balaban J connectivity index is 1.99. The van der Waals surface area contributed by atoms with Crippen LogP contribution in [0.1, 0.15) is 12.8 Å². The standard InChI is InChI=1S/C15H18N4O6/c1-25-12-8-10(19(23)24)2-3-11(12)17-14(21)15(22)18-13(20)9-4-6-16-7-5-9/h2-3,8-9,16H,4-7H2,1H3,(H,17,21)(H,18,20,22). The number of carbonyl (C=O) groups is 3. The van der Waals surface area contributed by atoms with E-state index in [-0.39, 0.29) is 23.0 Å². The zero-order chi connectivity index (χ0) is 18.4. The third-order valence-electron chi connectivity index (χ3n) is 3.80. The number of anilines is 1. The lowest BCUT2D eigenvalue weighted by Crippen LogP contribution is -2.44. The van der Waals surface area contributed by atoms with E-state index in [0.717, 1.165) is 12.1 Å². The molecule has 3 amide bonds. The Hall–Kier alpha value is -3.01. The van der Waals surface area contributed by atoms with Crippen LogP contribution in [0.3, 0.4) is 0 Å². The number of methoxy groups -OCH3 is 1. The van der Waals surface area contributed by atoms with Crippen LogP contribution in [-0.4, -0.2) is 42.8 Å². The van der Waals surface area contributed by atoms with Gasteiger partial charge in [0, 0.05) is 12.0 Å². The van der Waals surface area contributed by atoms with Crippen molar-refractivity contribution in [2.75, 3.05) is 25.5 Å². The lowest BCUT2D eigenvalue weighted by Gasteiger charge is -2.21. The minimum Gasteiger partial charge on any atom is -0.494 e. The molecule has 0 unspecified atom stereocenters. The summed E-state index contributed by atoms with van der Waals surface area (Å²) in [7, 11) is 1.27. The van der Waals surface area contributed by atoms with Gasteiger partial charge in [-0.2, -0.15) is 0 Å². The maximum Gasteiger partial charge on any atom is 0.316 e. The van der Waals surface area contributed by atoms with Crippen molar-refractivity contribution in [3.05, 3.63) is 28.3 Å². The highest BCUT2D eigenvalue weighted by Crippen LogP contribution is 2.28. The van der Waals surface area contributed by atoms with Crippen molar-refractivity contribution < 1.29 is 24.0 Å². The number of nitro groups is 1. The molecular formula is C15H18N4O6. The van der Waals surface area contributed by atoms with Gasteiger partial charge in [0.05, 0.1) is 23.8 Å². The zero-order valence-corrected chi connectivity index (χ0v) is 13.5. The van der Waals surface area contributed by atoms with E-state index in [2.05, 4.69) is 16.0 Å². The molecule has 10 nitrogen and oxygen atoms in total. The zero-order valence-electron chi connectivity index (χ0n) is 13.5. The molecule has 1 heterocycles. The van der Waals surface area contributed by atoms with Gasteiger partial charge in [0.1, 0.15) is 5.75 Å². The predicted octanol–water partition coefficient (Wildman–Crippen LogP) is 0.184. The van der Waals surface area contributed by atoms with Crippen molar-refractivity contribution in [3.8, 4) is 5.75 Å². The second-order valence-electron chi connectivity index (χ2n) is 5.44. The fourth-order valence-corrected chi connectivity index (χ4v) is 2.43. The molecule has 1 fully saturated rings. The first-order valence-corrected chi connectivity index (χ1v) is 7.61. The summed E-state index contributed by atoms with van der Waals surface area (Å²) < 4.78 is 4.97.